The SMILES string of the molecule is COC(=O)c1cc(NCC2CCCN2)c(F)cc1F. The minimum Gasteiger partial charge on any atom is -0.465 e. The second kappa shape index (κ2) is 5.97. The smallest absolute Gasteiger partial charge is 0.340 e. The molecule has 1 aromatic carbocycles. The molecule has 1 atom stereocenters. The number of hydrogen-bond donors (Lipinski definition) is 2. The Morgan fingerprint density at radius 3 is 2.89 bits per heavy atom. The fraction of sp³-hybridized carbons (Fsp3) is 0.462. The van der Waals surface area contributed by atoms with Crippen LogP contribution in [-0.2, 0) is 4.74 Å². The van der Waals surface area contributed by atoms with Crippen molar-refractivity contribution in [1.82, 2.24) is 5.32 Å². The van der Waals surface area contributed by atoms with Crippen LogP contribution in [0, 0.1) is 11.6 Å². The summed E-state index contributed by atoms with van der Waals surface area (Å²) in [5.41, 5.74) is -0.165. The van der Waals surface area contributed by atoms with E-state index in [1.807, 2.05) is 0 Å². The average molecular weight is 270 g/mol. The highest BCUT2D eigenvalue weighted by molar-refractivity contribution is 5.90. The van der Waals surface area contributed by atoms with Gasteiger partial charge in [0.2, 0.25) is 0 Å². The molecule has 19 heavy (non-hydrogen) atoms. The molecule has 1 saturated heterocycles. The summed E-state index contributed by atoms with van der Waals surface area (Å²) in [6, 6.07) is 2.10. The lowest BCUT2D eigenvalue weighted by atomic mass is 10.1. The maximum Gasteiger partial charge on any atom is 0.340 e. The molecule has 1 fully saturated rings. The number of carbonyl (C=O) groups excluding carboxylic acids is 1. The van der Waals surface area contributed by atoms with Gasteiger partial charge in [-0.25, -0.2) is 13.6 Å². The molecular formula is C13H16F2N2O2. The Morgan fingerprint density at radius 2 is 2.26 bits per heavy atom. The van der Waals surface area contributed by atoms with Crippen LogP contribution >= 0.6 is 0 Å². The molecule has 1 aliphatic rings. The molecule has 4 nitrogen and oxygen atoms in total. The summed E-state index contributed by atoms with van der Waals surface area (Å²) < 4.78 is 31.5. The molecule has 1 heterocycles. The van der Waals surface area contributed by atoms with Crippen LogP contribution in [0.15, 0.2) is 12.1 Å². The topological polar surface area (TPSA) is 50.4 Å². The van der Waals surface area contributed by atoms with Crippen LogP contribution in [0.4, 0.5) is 14.5 Å². The molecular weight excluding hydrogens is 254 g/mol. The third-order valence-corrected chi connectivity index (χ3v) is 3.16. The van der Waals surface area contributed by atoms with E-state index in [0.717, 1.165) is 32.6 Å². The molecule has 0 radical (unpaired) electrons. The molecule has 0 saturated carbocycles. The lowest BCUT2D eigenvalue weighted by Gasteiger charge is -2.14. The first-order chi connectivity index (χ1) is 9.11. The number of halogens is 2. The van der Waals surface area contributed by atoms with E-state index in [1.54, 1.807) is 0 Å². The Labute approximate surface area is 110 Å². The van der Waals surface area contributed by atoms with E-state index in [2.05, 4.69) is 15.4 Å². The first-order valence-electron chi connectivity index (χ1n) is 6.16. The number of rotatable bonds is 4. The van der Waals surface area contributed by atoms with E-state index in [0.29, 0.717) is 12.6 Å². The van der Waals surface area contributed by atoms with E-state index in [4.69, 9.17) is 0 Å². The van der Waals surface area contributed by atoms with Crippen LogP contribution in [0.2, 0.25) is 0 Å². The monoisotopic (exact) mass is 270 g/mol. The summed E-state index contributed by atoms with van der Waals surface area (Å²) in [4.78, 5) is 11.3. The van der Waals surface area contributed by atoms with Gasteiger partial charge in [-0.3, -0.25) is 0 Å². The van der Waals surface area contributed by atoms with Gasteiger partial charge < -0.3 is 15.4 Å². The average Bonchev–Trinajstić information content (AvgIpc) is 2.90. The third kappa shape index (κ3) is 3.20. The molecule has 1 aromatic rings. The van der Waals surface area contributed by atoms with Crippen molar-refractivity contribution in [1.29, 1.82) is 0 Å². The number of nitrogens with one attached hydrogen (secondary N) is 2. The highest BCUT2D eigenvalue weighted by Crippen LogP contribution is 2.20. The first kappa shape index (κ1) is 13.7. The van der Waals surface area contributed by atoms with Gasteiger partial charge in [0.25, 0.3) is 0 Å². The Balaban J connectivity index is 2.12. The van der Waals surface area contributed by atoms with Crippen molar-refractivity contribution in [3.05, 3.63) is 29.3 Å². The molecule has 104 valence electrons. The first-order valence-corrected chi connectivity index (χ1v) is 6.16. The van der Waals surface area contributed by atoms with E-state index in [9.17, 15) is 13.6 Å². The highest BCUT2D eigenvalue weighted by atomic mass is 19.1. The zero-order valence-corrected chi connectivity index (χ0v) is 10.6. The van der Waals surface area contributed by atoms with Crippen LogP contribution in [-0.4, -0.2) is 32.2 Å². The number of methoxy groups -OCH3 is 1. The molecule has 0 aliphatic carbocycles. The Bertz CT molecular complexity index is 474. The Kier molecular flexibility index (Phi) is 4.31. The summed E-state index contributed by atoms with van der Waals surface area (Å²) in [6.45, 7) is 1.48. The highest BCUT2D eigenvalue weighted by Gasteiger charge is 2.18. The predicted molar refractivity (Wildman–Crippen MR) is 67.2 cm³/mol. The van der Waals surface area contributed by atoms with Crippen molar-refractivity contribution >= 4 is 11.7 Å². The van der Waals surface area contributed by atoms with Gasteiger partial charge in [0.05, 0.1) is 18.4 Å². The molecule has 0 aromatic heterocycles. The quantitative estimate of drug-likeness (QED) is 0.821. The van der Waals surface area contributed by atoms with Crippen LogP contribution in [0.25, 0.3) is 0 Å². The number of ether oxygens (including phenoxy) is 1. The van der Waals surface area contributed by atoms with Gasteiger partial charge in [0.1, 0.15) is 11.6 Å². The summed E-state index contributed by atoms with van der Waals surface area (Å²) >= 11 is 0. The molecule has 0 bridgehead atoms. The van der Waals surface area contributed by atoms with Crippen molar-refractivity contribution in [3.8, 4) is 0 Å². The van der Waals surface area contributed by atoms with Crippen molar-refractivity contribution in [2.24, 2.45) is 0 Å². The molecule has 2 N–H and O–H groups in total. The molecule has 6 heteroatoms. The van der Waals surface area contributed by atoms with Gasteiger partial charge >= 0.3 is 5.97 Å². The molecule has 1 aliphatic heterocycles. The van der Waals surface area contributed by atoms with Crippen molar-refractivity contribution < 1.29 is 18.3 Å². The lowest BCUT2D eigenvalue weighted by molar-refractivity contribution is 0.0595. The maximum absolute atomic E-state index is 13.6. The number of hydrogen-bond acceptors (Lipinski definition) is 4. The number of benzene rings is 1. The molecule has 0 spiro atoms. The Hall–Kier alpha value is -1.69. The van der Waals surface area contributed by atoms with Gasteiger partial charge in [-0.2, -0.15) is 0 Å². The third-order valence-electron chi connectivity index (χ3n) is 3.16. The maximum atomic E-state index is 13.6. The second-order valence-corrected chi connectivity index (χ2v) is 4.48. The summed E-state index contributed by atoms with van der Waals surface area (Å²) in [6.07, 6.45) is 2.10. The number of esters is 1. The minimum absolute atomic E-state index is 0.107. The largest absolute Gasteiger partial charge is 0.465 e. The number of anilines is 1. The van der Waals surface area contributed by atoms with Crippen molar-refractivity contribution in [2.45, 2.75) is 18.9 Å². The van der Waals surface area contributed by atoms with Gasteiger partial charge in [0, 0.05) is 18.7 Å². The van der Waals surface area contributed by atoms with Gasteiger partial charge in [-0.05, 0) is 25.5 Å². The zero-order valence-electron chi connectivity index (χ0n) is 10.6. The molecule has 0 amide bonds. The van der Waals surface area contributed by atoms with E-state index in [1.165, 1.54) is 0 Å². The molecule has 1 unspecified atom stereocenters. The summed E-state index contributed by atoms with van der Waals surface area (Å²) in [5.74, 6) is -2.46. The lowest BCUT2D eigenvalue weighted by Crippen LogP contribution is -2.29. The van der Waals surface area contributed by atoms with Crippen LogP contribution in [0.5, 0.6) is 0 Å². The van der Waals surface area contributed by atoms with Gasteiger partial charge in [-0.1, -0.05) is 0 Å². The normalized spacial score (nSPS) is 18.4. The zero-order chi connectivity index (χ0) is 13.8. The summed E-state index contributed by atoms with van der Waals surface area (Å²) in [7, 11) is 1.15. The Morgan fingerprint density at radius 1 is 1.47 bits per heavy atom. The fourth-order valence-corrected chi connectivity index (χ4v) is 2.11. The minimum atomic E-state index is -0.922. The molecule has 2 rings (SSSR count). The van der Waals surface area contributed by atoms with Crippen LogP contribution in [0.3, 0.4) is 0 Å². The van der Waals surface area contributed by atoms with Crippen molar-refractivity contribution in [3.63, 3.8) is 0 Å². The van der Waals surface area contributed by atoms with Gasteiger partial charge in [0.15, 0.2) is 0 Å². The van der Waals surface area contributed by atoms with Crippen molar-refractivity contribution in [2.75, 3.05) is 25.5 Å². The predicted octanol–water partition coefficient (Wildman–Crippen LogP) is 1.92. The van der Waals surface area contributed by atoms with E-state index in [-0.39, 0.29) is 17.3 Å². The number of carbonyl (C=O) groups is 1. The van der Waals surface area contributed by atoms with E-state index >= 15 is 0 Å². The van der Waals surface area contributed by atoms with Crippen LogP contribution in [0.1, 0.15) is 23.2 Å². The summed E-state index contributed by atoms with van der Waals surface area (Å²) in [5, 5.41) is 6.15. The van der Waals surface area contributed by atoms with E-state index < -0.39 is 17.6 Å². The second-order valence-electron chi connectivity index (χ2n) is 4.48. The van der Waals surface area contributed by atoms with Gasteiger partial charge in [-0.15, -0.1) is 0 Å². The van der Waals surface area contributed by atoms with Crippen LogP contribution < -0.4 is 10.6 Å². The standard InChI is InChI=1S/C13H16F2N2O2/c1-19-13(18)9-5-12(11(15)6-10(9)14)17-7-8-3-2-4-16-8/h5-6,8,16-17H,2-4,7H2,1H3. The fourth-order valence-electron chi connectivity index (χ4n) is 2.11.